The zero-order valence-corrected chi connectivity index (χ0v) is 16.5. The van der Waals surface area contributed by atoms with Crippen LogP contribution in [0.2, 0.25) is 0 Å². The van der Waals surface area contributed by atoms with Crippen LogP contribution in [0.4, 0.5) is 0 Å². The summed E-state index contributed by atoms with van der Waals surface area (Å²) in [7, 11) is 1.87. The number of aryl methyl sites for hydroxylation is 1. The van der Waals surface area contributed by atoms with Crippen LogP contribution in [0.5, 0.6) is 0 Å². The molecule has 0 aromatic carbocycles. The number of aromatic nitrogens is 5. The Kier molecular flexibility index (Phi) is 4.41. The first-order chi connectivity index (χ1) is 14.1. The van der Waals surface area contributed by atoms with Crippen molar-refractivity contribution in [1.82, 2.24) is 29.6 Å². The molecule has 2 aliphatic rings. The molecule has 1 saturated heterocycles. The third kappa shape index (κ3) is 3.54. The molecule has 8 nitrogen and oxygen atoms in total. The first-order valence-electron chi connectivity index (χ1n) is 10.1. The zero-order valence-electron chi connectivity index (χ0n) is 16.5. The van der Waals surface area contributed by atoms with Crippen LogP contribution in [0.1, 0.15) is 48.4 Å². The number of rotatable bonds is 5. The second kappa shape index (κ2) is 7.09. The maximum atomic E-state index is 13.0. The van der Waals surface area contributed by atoms with E-state index in [4.69, 9.17) is 9.51 Å². The smallest absolute Gasteiger partial charge is 0.274 e. The Hall–Kier alpha value is -3.03. The fraction of sp³-hybridized carbons (Fsp3) is 0.476. The highest BCUT2D eigenvalue weighted by molar-refractivity contribution is 5.92. The Morgan fingerprint density at radius 1 is 1.38 bits per heavy atom. The van der Waals surface area contributed by atoms with Gasteiger partial charge in [0.15, 0.2) is 5.82 Å². The van der Waals surface area contributed by atoms with E-state index in [0.717, 1.165) is 31.4 Å². The van der Waals surface area contributed by atoms with Gasteiger partial charge in [-0.3, -0.25) is 9.78 Å². The number of imidazole rings is 1. The Morgan fingerprint density at radius 2 is 2.28 bits per heavy atom. The minimum Gasteiger partial charge on any atom is -0.340 e. The van der Waals surface area contributed by atoms with Crippen LogP contribution in [0.15, 0.2) is 41.6 Å². The van der Waals surface area contributed by atoms with Crippen LogP contribution >= 0.6 is 0 Å². The van der Waals surface area contributed by atoms with Crippen LogP contribution in [0.3, 0.4) is 0 Å². The number of piperidine rings is 1. The average molecular weight is 392 g/mol. The molecule has 1 amide bonds. The summed E-state index contributed by atoms with van der Waals surface area (Å²) in [4.78, 5) is 28.1. The summed E-state index contributed by atoms with van der Waals surface area (Å²) < 4.78 is 7.39. The predicted octanol–water partition coefficient (Wildman–Crippen LogP) is 2.84. The number of nitrogens with zero attached hydrogens (tertiary/aromatic N) is 6. The Bertz CT molecular complexity index is 1010. The minimum atomic E-state index is -0.270. The number of amides is 1. The van der Waals surface area contributed by atoms with Crippen LogP contribution < -0.4 is 0 Å². The lowest BCUT2D eigenvalue weighted by Gasteiger charge is -2.41. The van der Waals surface area contributed by atoms with E-state index in [1.54, 1.807) is 29.5 Å². The first kappa shape index (κ1) is 18.0. The quantitative estimate of drug-likeness (QED) is 0.663. The molecular weight excluding hydrogens is 368 g/mol. The maximum Gasteiger partial charge on any atom is 0.274 e. The van der Waals surface area contributed by atoms with Crippen molar-refractivity contribution in [3.8, 4) is 11.5 Å². The standard InChI is InChI=1S/C21H24N6O2/c1-26-12-17(23-14-26)19(28)27-9-3-7-21(13-27,10-15-5-6-15)20-24-18(29-25-20)16-4-2-8-22-11-16/h2,4,8,11-12,14-15H,3,5-7,9-10,13H2,1H3. The van der Waals surface area contributed by atoms with Crippen molar-refractivity contribution in [3.05, 3.63) is 48.6 Å². The zero-order chi connectivity index (χ0) is 19.8. The van der Waals surface area contributed by atoms with Gasteiger partial charge in [0.1, 0.15) is 5.69 Å². The number of carbonyl (C=O) groups excluding carboxylic acids is 1. The molecule has 0 N–H and O–H groups in total. The predicted molar refractivity (Wildman–Crippen MR) is 105 cm³/mol. The molecule has 1 aliphatic heterocycles. The fourth-order valence-corrected chi connectivity index (χ4v) is 4.35. The van der Waals surface area contributed by atoms with Crippen molar-refractivity contribution < 1.29 is 9.32 Å². The van der Waals surface area contributed by atoms with Crippen molar-refractivity contribution >= 4 is 5.91 Å². The number of pyridine rings is 1. The van der Waals surface area contributed by atoms with Gasteiger partial charge in [0.25, 0.3) is 11.8 Å². The van der Waals surface area contributed by atoms with Crippen molar-refractivity contribution in [1.29, 1.82) is 0 Å². The first-order valence-corrected chi connectivity index (χ1v) is 10.1. The molecule has 1 saturated carbocycles. The van der Waals surface area contributed by atoms with E-state index in [-0.39, 0.29) is 11.3 Å². The molecule has 1 atom stereocenters. The van der Waals surface area contributed by atoms with Gasteiger partial charge in [-0.25, -0.2) is 4.98 Å². The van der Waals surface area contributed by atoms with E-state index in [9.17, 15) is 4.79 Å². The van der Waals surface area contributed by atoms with Crippen molar-refractivity contribution in [2.75, 3.05) is 13.1 Å². The minimum absolute atomic E-state index is 0.0264. The Labute approximate surface area is 169 Å². The van der Waals surface area contributed by atoms with E-state index < -0.39 is 0 Å². The van der Waals surface area contributed by atoms with E-state index in [0.29, 0.717) is 29.9 Å². The van der Waals surface area contributed by atoms with Gasteiger partial charge in [0, 0.05) is 38.7 Å². The van der Waals surface area contributed by atoms with Crippen molar-refractivity contribution in [2.45, 2.75) is 37.5 Å². The van der Waals surface area contributed by atoms with Crippen LogP contribution in [-0.2, 0) is 12.5 Å². The number of hydrogen-bond acceptors (Lipinski definition) is 6. The fourth-order valence-electron chi connectivity index (χ4n) is 4.35. The van der Waals surface area contributed by atoms with Gasteiger partial charge in [-0.15, -0.1) is 0 Å². The highest BCUT2D eigenvalue weighted by atomic mass is 16.5. The SMILES string of the molecule is Cn1cnc(C(=O)N2CCCC(CC3CC3)(c3noc(-c4cccnc4)n3)C2)c1. The second-order valence-electron chi connectivity index (χ2n) is 8.35. The lowest BCUT2D eigenvalue weighted by atomic mass is 9.74. The highest BCUT2D eigenvalue weighted by Crippen LogP contribution is 2.46. The summed E-state index contributed by atoms with van der Waals surface area (Å²) in [6, 6.07) is 3.77. The molecule has 3 aromatic heterocycles. The van der Waals surface area contributed by atoms with E-state index >= 15 is 0 Å². The van der Waals surface area contributed by atoms with Crippen molar-refractivity contribution in [3.63, 3.8) is 0 Å². The molecular formula is C21H24N6O2. The summed E-state index contributed by atoms with van der Waals surface area (Å²) in [5.74, 6) is 1.85. The van der Waals surface area contributed by atoms with Crippen LogP contribution in [0.25, 0.3) is 11.5 Å². The van der Waals surface area contributed by atoms with Gasteiger partial charge in [0.05, 0.1) is 17.3 Å². The average Bonchev–Trinajstić information content (AvgIpc) is 3.23. The van der Waals surface area contributed by atoms with Gasteiger partial charge >= 0.3 is 0 Å². The number of likely N-dealkylation sites (tertiary alicyclic amines) is 1. The molecule has 3 aromatic rings. The summed E-state index contributed by atoms with van der Waals surface area (Å²) in [5, 5.41) is 4.37. The molecule has 150 valence electrons. The Balaban J connectivity index is 1.45. The molecule has 4 heterocycles. The molecule has 0 bridgehead atoms. The molecule has 1 aliphatic carbocycles. The second-order valence-corrected chi connectivity index (χ2v) is 8.35. The van der Waals surface area contributed by atoms with E-state index in [1.807, 2.05) is 24.1 Å². The summed E-state index contributed by atoms with van der Waals surface area (Å²) in [6.45, 7) is 1.33. The topological polar surface area (TPSA) is 89.9 Å². The third-order valence-electron chi connectivity index (χ3n) is 5.97. The number of carbonyl (C=O) groups is 1. The monoisotopic (exact) mass is 392 g/mol. The lowest BCUT2D eigenvalue weighted by molar-refractivity contribution is 0.0602. The maximum absolute atomic E-state index is 13.0. The summed E-state index contributed by atoms with van der Waals surface area (Å²) >= 11 is 0. The molecule has 5 rings (SSSR count). The van der Waals surface area contributed by atoms with Gasteiger partial charge in [0.2, 0.25) is 0 Å². The van der Waals surface area contributed by atoms with Gasteiger partial charge in [-0.1, -0.05) is 18.0 Å². The molecule has 1 unspecified atom stereocenters. The molecule has 29 heavy (non-hydrogen) atoms. The van der Waals surface area contributed by atoms with Gasteiger partial charge < -0.3 is 14.0 Å². The van der Waals surface area contributed by atoms with E-state index in [1.165, 1.54) is 12.8 Å². The molecule has 0 radical (unpaired) electrons. The van der Waals surface area contributed by atoms with Crippen LogP contribution in [0, 0.1) is 5.92 Å². The normalized spacial score (nSPS) is 22.0. The third-order valence-corrected chi connectivity index (χ3v) is 5.97. The summed E-state index contributed by atoms with van der Waals surface area (Å²) in [6.07, 6.45) is 12.2. The van der Waals surface area contributed by atoms with Gasteiger partial charge in [-0.05, 0) is 37.3 Å². The van der Waals surface area contributed by atoms with E-state index in [2.05, 4.69) is 15.1 Å². The molecule has 8 heteroatoms. The highest BCUT2D eigenvalue weighted by Gasteiger charge is 2.46. The van der Waals surface area contributed by atoms with Crippen LogP contribution in [-0.4, -0.2) is 48.6 Å². The summed E-state index contributed by atoms with van der Waals surface area (Å²) in [5.41, 5.74) is 1.03. The Morgan fingerprint density at radius 3 is 3.00 bits per heavy atom. The lowest BCUT2D eigenvalue weighted by Crippen LogP contribution is -2.49. The molecule has 2 fully saturated rings. The van der Waals surface area contributed by atoms with Gasteiger partial charge in [-0.2, -0.15) is 4.98 Å². The molecule has 0 spiro atoms. The van der Waals surface area contributed by atoms with Crippen molar-refractivity contribution in [2.24, 2.45) is 13.0 Å². The largest absolute Gasteiger partial charge is 0.340 e. The number of hydrogen-bond donors (Lipinski definition) is 0.